The summed E-state index contributed by atoms with van der Waals surface area (Å²) in [5.74, 6) is 0.255. The van der Waals surface area contributed by atoms with Crippen molar-refractivity contribution < 1.29 is 4.79 Å². The van der Waals surface area contributed by atoms with Gasteiger partial charge in [0.05, 0.1) is 12.6 Å². The van der Waals surface area contributed by atoms with Crippen LogP contribution in [-0.2, 0) is 11.2 Å². The fraction of sp³-hybridized carbons (Fsp3) is 0.462. The maximum absolute atomic E-state index is 12.0. The van der Waals surface area contributed by atoms with Gasteiger partial charge < -0.3 is 4.90 Å². The van der Waals surface area contributed by atoms with Gasteiger partial charge in [0.25, 0.3) is 0 Å². The van der Waals surface area contributed by atoms with Crippen LogP contribution in [0.4, 0.5) is 0 Å². The number of nitrogens with zero attached hydrogens (tertiary/aromatic N) is 2. The summed E-state index contributed by atoms with van der Waals surface area (Å²) in [5.41, 5.74) is 2.68. The van der Waals surface area contributed by atoms with E-state index in [1.54, 1.807) is 0 Å². The van der Waals surface area contributed by atoms with Gasteiger partial charge in [-0.25, -0.2) is 0 Å². The SMILES string of the molecule is CN1CC(=O)N2CCc3cccc(Br)c3C2C1. The lowest BCUT2D eigenvalue weighted by Gasteiger charge is -2.44. The van der Waals surface area contributed by atoms with Crippen LogP contribution in [0.2, 0.25) is 0 Å². The molecule has 0 bridgehead atoms. The van der Waals surface area contributed by atoms with Gasteiger partial charge in [-0.05, 0) is 30.7 Å². The van der Waals surface area contributed by atoms with Crippen LogP contribution in [0.1, 0.15) is 17.2 Å². The quantitative estimate of drug-likeness (QED) is 0.729. The molecule has 0 spiro atoms. The van der Waals surface area contributed by atoms with E-state index in [9.17, 15) is 4.79 Å². The molecule has 1 amide bonds. The number of carbonyl (C=O) groups excluding carboxylic acids is 1. The molecule has 1 atom stereocenters. The molecule has 1 aromatic rings. The minimum absolute atomic E-state index is 0.223. The molecule has 0 aliphatic carbocycles. The lowest BCUT2D eigenvalue weighted by molar-refractivity contribution is -0.139. The Morgan fingerprint density at radius 3 is 3.06 bits per heavy atom. The van der Waals surface area contributed by atoms with E-state index in [-0.39, 0.29) is 11.9 Å². The minimum Gasteiger partial charge on any atom is -0.333 e. The van der Waals surface area contributed by atoms with E-state index in [0.717, 1.165) is 24.0 Å². The molecule has 4 heteroatoms. The Labute approximate surface area is 110 Å². The average molecular weight is 295 g/mol. The van der Waals surface area contributed by atoms with Crippen LogP contribution in [-0.4, -0.2) is 42.4 Å². The molecule has 17 heavy (non-hydrogen) atoms. The van der Waals surface area contributed by atoms with Gasteiger partial charge in [0.2, 0.25) is 5.91 Å². The summed E-state index contributed by atoms with van der Waals surface area (Å²) in [5, 5.41) is 0. The Hall–Kier alpha value is -0.870. The van der Waals surface area contributed by atoms with Crippen molar-refractivity contribution in [2.45, 2.75) is 12.5 Å². The molecule has 1 aromatic carbocycles. The highest BCUT2D eigenvalue weighted by Crippen LogP contribution is 2.37. The number of carbonyl (C=O) groups is 1. The number of hydrogen-bond acceptors (Lipinski definition) is 2. The number of fused-ring (bicyclic) bond motifs is 3. The molecular formula is C13H15BrN2O. The zero-order valence-electron chi connectivity index (χ0n) is 9.82. The highest BCUT2D eigenvalue weighted by molar-refractivity contribution is 9.10. The molecule has 3 nitrogen and oxygen atoms in total. The molecule has 2 aliphatic heterocycles. The van der Waals surface area contributed by atoms with Crippen LogP contribution in [0.15, 0.2) is 22.7 Å². The summed E-state index contributed by atoms with van der Waals surface area (Å²) >= 11 is 3.63. The predicted octanol–water partition coefficient (Wildman–Crippen LogP) is 1.82. The van der Waals surface area contributed by atoms with Gasteiger partial charge in [-0.3, -0.25) is 9.69 Å². The first kappa shape index (κ1) is 11.2. The molecule has 0 radical (unpaired) electrons. The van der Waals surface area contributed by atoms with Gasteiger partial charge in [-0.1, -0.05) is 28.1 Å². The van der Waals surface area contributed by atoms with E-state index >= 15 is 0 Å². The smallest absolute Gasteiger partial charge is 0.237 e. The third kappa shape index (κ3) is 1.79. The monoisotopic (exact) mass is 294 g/mol. The molecule has 1 fully saturated rings. The molecule has 1 saturated heterocycles. The summed E-state index contributed by atoms with van der Waals surface area (Å²) in [6.07, 6.45) is 0.973. The molecule has 3 rings (SSSR count). The van der Waals surface area contributed by atoms with Crippen molar-refractivity contribution in [3.8, 4) is 0 Å². The first-order valence-corrected chi connectivity index (χ1v) is 6.71. The Kier molecular flexibility index (Phi) is 2.71. The summed E-state index contributed by atoms with van der Waals surface area (Å²) in [6.45, 7) is 2.35. The first-order chi connectivity index (χ1) is 8.16. The van der Waals surface area contributed by atoms with Crippen molar-refractivity contribution in [3.63, 3.8) is 0 Å². The molecule has 1 unspecified atom stereocenters. The number of hydrogen-bond donors (Lipinski definition) is 0. The van der Waals surface area contributed by atoms with E-state index in [2.05, 4.69) is 39.0 Å². The van der Waals surface area contributed by atoms with Crippen LogP contribution in [0.5, 0.6) is 0 Å². The first-order valence-electron chi connectivity index (χ1n) is 5.92. The highest BCUT2D eigenvalue weighted by atomic mass is 79.9. The zero-order chi connectivity index (χ0) is 12.0. The van der Waals surface area contributed by atoms with Crippen molar-refractivity contribution in [2.75, 3.05) is 26.7 Å². The summed E-state index contributed by atoms with van der Waals surface area (Å²) in [4.78, 5) is 16.2. The van der Waals surface area contributed by atoms with Gasteiger partial charge in [0.1, 0.15) is 0 Å². The fourth-order valence-electron chi connectivity index (χ4n) is 2.90. The fourth-order valence-corrected chi connectivity index (χ4v) is 3.57. The predicted molar refractivity (Wildman–Crippen MR) is 69.8 cm³/mol. The van der Waals surface area contributed by atoms with E-state index in [1.807, 2.05) is 11.9 Å². The van der Waals surface area contributed by atoms with Crippen molar-refractivity contribution in [2.24, 2.45) is 0 Å². The van der Waals surface area contributed by atoms with E-state index < -0.39 is 0 Å². The summed E-state index contributed by atoms with van der Waals surface area (Å²) in [6, 6.07) is 6.55. The van der Waals surface area contributed by atoms with Crippen molar-refractivity contribution in [1.29, 1.82) is 0 Å². The second-order valence-electron chi connectivity index (χ2n) is 4.86. The van der Waals surface area contributed by atoms with Crippen LogP contribution in [0.3, 0.4) is 0 Å². The Morgan fingerprint density at radius 1 is 1.41 bits per heavy atom. The Balaban J connectivity index is 2.07. The van der Waals surface area contributed by atoms with Crippen molar-refractivity contribution in [1.82, 2.24) is 9.80 Å². The largest absolute Gasteiger partial charge is 0.333 e. The standard InChI is InChI=1S/C13H15BrN2O/c1-15-7-11-13-9(3-2-4-10(13)14)5-6-16(11)12(17)8-15/h2-4,11H,5-8H2,1H3. The molecule has 0 N–H and O–H groups in total. The van der Waals surface area contributed by atoms with Crippen molar-refractivity contribution >= 4 is 21.8 Å². The molecule has 0 aromatic heterocycles. The van der Waals surface area contributed by atoms with Gasteiger partial charge >= 0.3 is 0 Å². The lowest BCUT2D eigenvalue weighted by Crippen LogP contribution is -2.53. The second-order valence-corrected chi connectivity index (χ2v) is 5.72. The summed E-state index contributed by atoms with van der Waals surface area (Å²) < 4.78 is 1.13. The maximum Gasteiger partial charge on any atom is 0.237 e. The van der Waals surface area contributed by atoms with Gasteiger partial charge in [0.15, 0.2) is 0 Å². The molecule has 2 heterocycles. The third-order valence-electron chi connectivity index (χ3n) is 3.68. The van der Waals surface area contributed by atoms with Crippen LogP contribution >= 0.6 is 15.9 Å². The van der Waals surface area contributed by atoms with Crippen LogP contribution < -0.4 is 0 Å². The number of benzene rings is 1. The van der Waals surface area contributed by atoms with Crippen LogP contribution in [0, 0.1) is 0 Å². The van der Waals surface area contributed by atoms with E-state index in [1.165, 1.54) is 11.1 Å². The molecule has 2 aliphatic rings. The number of amides is 1. The lowest BCUT2D eigenvalue weighted by atomic mass is 9.91. The maximum atomic E-state index is 12.0. The molecule has 0 saturated carbocycles. The third-order valence-corrected chi connectivity index (χ3v) is 4.38. The van der Waals surface area contributed by atoms with E-state index in [0.29, 0.717) is 6.54 Å². The van der Waals surface area contributed by atoms with Gasteiger partial charge in [0, 0.05) is 17.6 Å². The van der Waals surface area contributed by atoms with Gasteiger partial charge in [-0.15, -0.1) is 0 Å². The zero-order valence-corrected chi connectivity index (χ0v) is 11.4. The molecular weight excluding hydrogens is 280 g/mol. The van der Waals surface area contributed by atoms with E-state index in [4.69, 9.17) is 0 Å². The Morgan fingerprint density at radius 2 is 2.24 bits per heavy atom. The topological polar surface area (TPSA) is 23.6 Å². The average Bonchev–Trinajstić information content (AvgIpc) is 2.28. The van der Waals surface area contributed by atoms with Gasteiger partial charge in [-0.2, -0.15) is 0 Å². The number of piperazine rings is 1. The number of rotatable bonds is 0. The van der Waals surface area contributed by atoms with Crippen LogP contribution in [0.25, 0.3) is 0 Å². The highest BCUT2D eigenvalue weighted by Gasteiger charge is 2.36. The second kappa shape index (κ2) is 4.10. The number of likely N-dealkylation sites (N-methyl/N-ethyl adjacent to an activating group) is 1. The molecule has 90 valence electrons. The number of halogens is 1. The normalized spacial score (nSPS) is 24.5. The van der Waals surface area contributed by atoms with Crippen molar-refractivity contribution in [3.05, 3.63) is 33.8 Å². The Bertz CT molecular complexity index is 474. The summed E-state index contributed by atoms with van der Waals surface area (Å²) in [7, 11) is 2.01. The minimum atomic E-state index is 0.223.